The van der Waals surface area contributed by atoms with Crippen LogP contribution in [-0.2, 0) is 17.4 Å². The Morgan fingerprint density at radius 3 is 0.421 bits per heavy atom. The van der Waals surface area contributed by atoms with Crippen LogP contribution in [-0.4, -0.2) is 15.3 Å². The fraction of sp³-hybridized carbons (Fsp3) is 0. The third-order valence-corrected chi connectivity index (χ3v) is 0. The topological polar surface area (TPSA) is 409 Å². The van der Waals surface area contributed by atoms with Gasteiger partial charge in [0.1, 0.15) is 0 Å². The summed E-state index contributed by atoms with van der Waals surface area (Å²) in [7, 11) is 0. The average Bonchev–Trinajstić information content (AvgIpc) is 1.54. The molecule has 0 unspecified atom stereocenters. The molecule has 0 heterocycles. The Bertz CT molecular complexity index is 121. The van der Waals surface area contributed by atoms with Gasteiger partial charge in [0, 0.05) is 0 Å². The van der Waals surface area contributed by atoms with Crippen LogP contribution in [0, 0.1) is 46.0 Å². The van der Waals surface area contributed by atoms with Gasteiger partial charge in [-0.05, 0) is 0 Å². The molecule has 0 bridgehead atoms. The summed E-state index contributed by atoms with van der Waals surface area (Å²) in [5.41, 5.74) is 0. The molecule has 0 aliphatic heterocycles. The van der Waals surface area contributed by atoms with Crippen molar-refractivity contribution in [3.63, 3.8) is 0 Å². The first-order valence-corrected chi connectivity index (χ1v) is 1.64. The molecule has 18 nitrogen and oxygen atoms in total. The van der Waals surface area contributed by atoms with Gasteiger partial charge in [-0.15, -0.1) is 0 Å². The Kier molecular flexibility index (Phi) is 351. The summed E-state index contributed by atoms with van der Waals surface area (Å²) in [6.07, 6.45) is 0. The fourth-order valence-corrected chi connectivity index (χ4v) is 0. The summed E-state index contributed by atoms with van der Waals surface area (Å²) >= 11 is 0. The van der Waals surface area contributed by atoms with E-state index in [1.54, 1.807) is 0 Å². The normalized spacial score (nSPS) is 3.79. The molecule has 0 aliphatic carbocycles. The molecule has 0 fully saturated rings. The number of hydrogen-bond donors (Lipinski definition) is 6. The van der Waals surface area contributed by atoms with Crippen molar-refractivity contribution in [2.75, 3.05) is 0 Å². The molecule has 18 N–H and O–H groups in total. The molecular formula is H18CrN9O9. The van der Waals surface area contributed by atoms with Crippen LogP contribution < -0.4 is 36.9 Å². The van der Waals surface area contributed by atoms with E-state index < -0.39 is 15.3 Å². The Balaban J connectivity index is -0.00000000675. The van der Waals surface area contributed by atoms with E-state index in [0.29, 0.717) is 0 Å². The Morgan fingerprint density at radius 2 is 0.421 bits per heavy atom. The first-order valence-electron chi connectivity index (χ1n) is 1.64. The van der Waals surface area contributed by atoms with Gasteiger partial charge in [-0.1, -0.05) is 0 Å². The van der Waals surface area contributed by atoms with Crippen molar-refractivity contribution in [2.45, 2.75) is 0 Å². The molecule has 0 aromatic heterocycles. The SMILES string of the molecule is N.N.N.N.N.N.O=[N+]([O-])[O-].O=[N+]([O-])[O-].O=[N+]([O-])[O-].[Cr+3]. The summed E-state index contributed by atoms with van der Waals surface area (Å²) < 4.78 is 0. The molecule has 0 atom stereocenters. The molecule has 19 heteroatoms. The zero-order valence-corrected chi connectivity index (χ0v) is 10.9. The van der Waals surface area contributed by atoms with Crippen molar-refractivity contribution in [1.82, 2.24) is 36.9 Å². The quantitative estimate of drug-likeness (QED) is 0.254. The van der Waals surface area contributed by atoms with Gasteiger partial charge in [-0.25, -0.2) is 0 Å². The van der Waals surface area contributed by atoms with Gasteiger partial charge in [0.2, 0.25) is 0 Å². The maximum atomic E-state index is 8.25. The Labute approximate surface area is 116 Å². The predicted molar refractivity (Wildman–Crippen MR) is 61.2 cm³/mol. The second-order valence-electron chi connectivity index (χ2n) is 0.671. The largest absolute Gasteiger partial charge is 3.00 e. The van der Waals surface area contributed by atoms with Crippen molar-refractivity contribution >= 4 is 0 Å². The second kappa shape index (κ2) is 74.2. The smallest absolute Gasteiger partial charge is 0.356 e. The van der Waals surface area contributed by atoms with E-state index in [-0.39, 0.29) is 54.3 Å². The molecule has 0 aliphatic rings. The van der Waals surface area contributed by atoms with Gasteiger partial charge in [0.15, 0.2) is 0 Å². The van der Waals surface area contributed by atoms with Crippen LogP contribution >= 0.6 is 0 Å². The van der Waals surface area contributed by atoms with Gasteiger partial charge < -0.3 is 82.9 Å². The molecule has 0 rings (SSSR count). The van der Waals surface area contributed by atoms with E-state index in [2.05, 4.69) is 0 Å². The minimum absolute atomic E-state index is 0. The molecule has 123 valence electrons. The second-order valence-corrected chi connectivity index (χ2v) is 0.671. The van der Waals surface area contributed by atoms with Gasteiger partial charge >= 0.3 is 17.4 Å². The van der Waals surface area contributed by atoms with Crippen molar-refractivity contribution < 1.29 is 32.6 Å². The third-order valence-electron chi connectivity index (χ3n) is 0. The first kappa shape index (κ1) is 89.8. The minimum atomic E-state index is -1.75. The zero-order valence-electron chi connectivity index (χ0n) is 9.67. The maximum Gasteiger partial charge on any atom is 3.00 e. The summed E-state index contributed by atoms with van der Waals surface area (Å²) in [6.45, 7) is 0. The predicted octanol–water partition coefficient (Wildman–Crippen LogP) is 0.252. The van der Waals surface area contributed by atoms with Crippen LogP contribution in [0.3, 0.4) is 0 Å². The molecule has 0 aromatic carbocycles. The number of nitrogens with zero attached hydrogens (tertiary/aromatic N) is 3. The molecule has 0 saturated heterocycles. The van der Waals surface area contributed by atoms with Crippen molar-refractivity contribution in [3.8, 4) is 0 Å². The van der Waals surface area contributed by atoms with Crippen molar-refractivity contribution in [2.24, 2.45) is 0 Å². The zero-order chi connectivity index (χ0) is 10.7. The van der Waals surface area contributed by atoms with Gasteiger partial charge in [-0.2, -0.15) is 0 Å². The molecule has 0 aromatic rings. The van der Waals surface area contributed by atoms with E-state index in [1.165, 1.54) is 0 Å². The monoisotopic (exact) mass is 340 g/mol. The minimum Gasteiger partial charge on any atom is -0.356 e. The average molecular weight is 340 g/mol. The fourth-order valence-electron chi connectivity index (χ4n) is 0. The van der Waals surface area contributed by atoms with Crippen molar-refractivity contribution in [3.05, 3.63) is 46.0 Å². The standard InChI is InChI=1S/Cr.3NO3.6H3N/c;3*2-1(3)4;;;;;;/h;;;;6*1H3/q+3;3*-1;;;;;;. The van der Waals surface area contributed by atoms with Crippen LogP contribution in [0.1, 0.15) is 0 Å². The maximum absolute atomic E-state index is 8.25. The van der Waals surface area contributed by atoms with E-state index in [9.17, 15) is 0 Å². The van der Waals surface area contributed by atoms with E-state index >= 15 is 0 Å². The number of hydrogen-bond acceptors (Lipinski definition) is 15. The van der Waals surface area contributed by atoms with Gasteiger partial charge in [-0.3, -0.25) is 0 Å². The first-order chi connectivity index (χ1) is 5.20. The van der Waals surface area contributed by atoms with Crippen LogP contribution in [0.25, 0.3) is 0 Å². The van der Waals surface area contributed by atoms with Crippen molar-refractivity contribution in [1.29, 1.82) is 0 Å². The van der Waals surface area contributed by atoms with Gasteiger partial charge in [0.25, 0.3) is 0 Å². The van der Waals surface area contributed by atoms with Crippen LogP contribution in [0.4, 0.5) is 0 Å². The molecule has 0 saturated carbocycles. The molecular weight excluding hydrogens is 322 g/mol. The third kappa shape index (κ3) is 691. The van der Waals surface area contributed by atoms with Gasteiger partial charge in [0.05, 0.1) is 15.3 Å². The Hall–Kier alpha value is -2.11. The van der Waals surface area contributed by atoms with E-state index in [1.807, 2.05) is 0 Å². The molecule has 0 spiro atoms. The van der Waals surface area contributed by atoms with E-state index in [4.69, 9.17) is 46.0 Å². The molecule has 0 amide bonds. The van der Waals surface area contributed by atoms with Crippen LogP contribution in [0.15, 0.2) is 0 Å². The number of rotatable bonds is 0. The Morgan fingerprint density at radius 1 is 0.421 bits per heavy atom. The van der Waals surface area contributed by atoms with E-state index in [0.717, 1.165) is 0 Å². The molecule has 19 heavy (non-hydrogen) atoms. The molecule has 1 radical (unpaired) electrons. The van der Waals surface area contributed by atoms with Crippen LogP contribution in [0.5, 0.6) is 0 Å². The summed E-state index contributed by atoms with van der Waals surface area (Å²) in [5, 5.41) is 44.2. The summed E-state index contributed by atoms with van der Waals surface area (Å²) in [5.74, 6) is 0. The van der Waals surface area contributed by atoms with Crippen LogP contribution in [0.2, 0.25) is 0 Å². The summed E-state index contributed by atoms with van der Waals surface area (Å²) in [6, 6.07) is 0. The summed E-state index contributed by atoms with van der Waals surface area (Å²) in [4.78, 5) is 24.8.